The molecule has 1 amide bonds. The normalized spacial score (nSPS) is 22.2. The molecule has 0 spiro atoms. The van der Waals surface area contributed by atoms with Crippen LogP contribution in [0.3, 0.4) is 0 Å². The Morgan fingerprint density at radius 3 is 2.34 bits per heavy atom. The van der Waals surface area contributed by atoms with Gasteiger partial charge in [-0.05, 0) is 35.4 Å². The van der Waals surface area contributed by atoms with Gasteiger partial charge in [0.25, 0.3) is 5.91 Å². The molecule has 2 fully saturated rings. The van der Waals surface area contributed by atoms with Crippen molar-refractivity contribution in [1.29, 1.82) is 0 Å². The average molecular weight is 394 g/mol. The Kier molecular flexibility index (Phi) is 5.64. The molecule has 0 aromatic carbocycles. The van der Waals surface area contributed by atoms with E-state index >= 15 is 0 Å². The number of Topliss-reactive ketones (excluding diaryl/α,β-unsaturated/α-hetero) is 1. The number of carbonyl (C=O) groups is 2. The van der Waals surface area contributed by atoms with Crippen molar-refractivity contribution in [2.24, 2.45) is 0 Å². The third-order valence-corrected chi connectivity index (χ3v) is 5.40. The Morgan fingerprint density at radius 2 is 1.69 bits per heavy atom. The molecule has 4 heterocycles. The van der Waals surface area contributed by atoms with Crippen molar-refractivity contribution in [2.45, 2.75) is 6.04 Å². The first-order valence-corrected chi connectivity index (χ1v) is 9.65. The molecule has 2 aliphatic heterocycles. The highest BCUT2D eigenvalue weighted by atomic mass is 16.5. The maximum Gasteiger partial charge on any atom is 0.295 e. The number of ketones is 1. The SMILES string of the molecule is O=C1C(=O)N(CC[NH+]2CCOCC2)C(c2ccncc2)C1=C([O-])c1ccncc1. The molecular formula is C21H22N4O4. The number of hydrogen-bond donors (Lipinski definition) is 1. The van der Waals surface area contributed by atoms with Crippen LogP contribution in [-0.2, 0) is 14.3 Å². The van der Waals surface area contributed by atoms with Crippen LogP contribution in [0.2, 0.25) is 0 Å². The van der Waals surface area contributed by atoms with E-state index in [1.807, 2.05) is 0 Å². The lowest BCUT2D eigenvalue weighted by Crippen LogP contribution is -3.14. The lowest BCUT2D eigenvalue weighted by molar-refractivity contribution is -0.907. The van der Waals surface area contributed by atoms with Gasteiger partial charge >= 0.3 is 0 Å². The molecule has 8 heteroatoms. The zero-order valence-electron chi connectivity index (χ0n) is 15.9. The highest BCUT2D eigenvalue weighted by molar-refractivity contribution is 6.46. The first-order chi connectivity index (χ1) is 14.2. The summed E-state index contributed by atoms with van der Waals surface area (Å²) in [7, 11) is 0. The van der Waals surface area contributed by atoms with E-state index in [4.69, 9.17) is 4.74 Å². The van der Waals surface area contributed by atoms with Gasteiger partial charge in [0.15, 0.2) is 0 Å². The minimum atomic E-state index is -0.731. The van der Waals surface area contributed by atoms with Crippen LogP contribution in [0.4, 0.5) is 0 Å². The number of ether oxygens (including phenoxy) is 1. The summed E-state index contributed by atoms with van der Waals surface area (Å²) in [6.45, 7) is 4.19. The number of pyridine rings is 2. The van der Waals surface area contributed by atoms with Gasteiger partial charge in [0.2, 0.25) is 5.78 Å². The van der Waals surface area contributed by atoms with E-state index in [-0.39, 0.29) is 5.57 Å². The van der Waals surface area contributed by atoms with Crippen LogP contribution in [0.15, 0.2) is 54.6 Å². The molecular weight excluding hydrogens is 372 g/mol. The summed E-state index contributed by atoms with van der Waals surface area (Å²) in [4.78, 5) is 36.5. The standard InChI is InChI=1S/C21H22N4O4/c26-19(16-3-7-23-8-4-16)17-18(15-1-5-22-6-2-15)25(21(28)20(17)27)10-9-24-11-13-29-14-12-24/h1-8,18,26H,9-14H2. The second kappa shape index (κ2) is 8.50. The first kappa shape index (κ1) is 19.2. The molecule has 0 saturated carbocycles. The van der Waals surface area contributed by atoms with Crippen LogP contribution < -0.4 is 10.0 Å². The molecule has 1 N–H and O–H groups in total. The van der Waals surface area contributed by atoms with Crippen molar-refractivity contribution in [3.05, 3.63) is 65.8 Å². The van der Waals surface area contributed by atoms with Gasteiger partial charge in [-0.25, -0.2) is 0 Å². The van der Waals surface area contributed by atoms with Crippen molar-refractivity contribution < 1.29 is 24.3 Å². The van der Waals surface area contributed by atoms with Crippen molar-refractivity contribution >= 4 is 17.4 Å². The number of amides is 1. The van der Waals surface area contributed by atoms with Crippen molar-refractivity contribution in [3.63, 3.8) is 0 Å². The fraction of sp³-hybridized carbons (Fsp3) is 0.333. The third-order valence-electron chi connectivity index (χ3n) is 5.40. The summed E-state index contributed by atoms with van der Waals surface area (Å²) in [5.41, 5.74) is 1.04. The largest absolute Gasteiger partial charge is 0.872 e. The first-order valence-electron chi connectivity index (χ1n) is 9.65. The number of morpholine rings is 1. The maximum absolute atomic E-state index is 13.1. The van der Waals surface area contributed by atoms with Gasteiger partial charge in [0, 0.05) is 30.4 Å². The fourth-order valence-corrected chi connectivity index (χ4v) is 3.84. The summed E-state index contributed by atoms with van der Waals surface area (Å²) >= 11 is 0. The fourth-order valence-electron chi connectivity index (χ4n) is 3.84. The maximum atomic E-state index is 13.1. The number of carbonyl (C=O) groups excluding carboxylic acids is 2. The van der Waals surface area contributed by atoms with Gasteiger partial charge in [0.05, 0.1) is 32.3 Å². The van der Waals surface area contributed by atoms with Gasteiger partial charge in [-0.2, -0.15) is 0 Å². The average Bonchev–Trinajstić information content (AvgIpc) is 3.04. The van der Waals surface area contributed by atoms with Crippen molar-refractivity contribution in [1.82, 2.24) is 14.9 Å². The Hall–Kier alpha value is -3.10. The molecule has 2 saturated heterocycles. The molecule has 150 valence electrons. The number of likely N-dealkylation sites (tertiary alicyclic amines) is 1. The third kappa shape index (κ3) is 3.90. The van der Waals surface area contributed by atoms with E-state index in [0.717, 1.165) is 13.1 Å². The monoisotopic (exact) mass is 394 g/mol. The molecule has 1 unspecified atom stereocenters. The van der Waals surface area contributed by atoms with E-state index in [1.165, 1.54) is 22.2 Å². The zero-order valence-corrected chi connectivity index (χ0v) is 15.9. The summed E-state index contributed by atoms with van der Waals surface area (Å²) in [6.07, 6.45) is 6.19. The van der Waals surface area contributed by atoms with Gasteiger partial charge in [-0.1, -0.05) is 5.76 Å². The minimum Gasteiger partial charge on any atom is -0.872 e. The van der Waals surface area contributed by atoms with Crippen LogP contribution in [0.25, 0.3) is 5.76 Å². The van der Waals surface area contributed by atoms with Crippen LogP contribution in [0, 0.1) is 0 Å². The molecule has 0 aliphatic carbocycles. The number of hydrogen-bond acceptors (Lipinski definition) is 6. The summed E-state index contributed by atoms with van der Waals surface area (Å²) in [5, 5.41) is 13.1. The summed E-state index contributed by atoms with van der Waals surface area (Å²) in [5.74, 6) is -1.80. The minimum absolute atomic E-state index is 0.00984. The number of nitrogens with one attached hydrogen (secondary N) is 1. The lowest BCUT2D eigenvalue weighted by atomic mass is 9.96. The molecule has 0 bridgehead atoms. The Balaban J connectivity index is 1.70. The molecule has 2 aromatic heterocycles. The van der Waals surface area contributed by atoms with Gasteiger partial charge < -0.3 is 19.6 Å². The molecule has 29 heavy (non-hydrogen) atoms. The van der Waals surface area contributed by atoms with E-state index in [0.29, 0.717) is 37.4 Å². The highest BCUT2D eigenvalue weighted by Gasteiger charge is 2.44. The van der Waals surface area contributed by atoms with Gasteiger partial charge in [0.1, 0.15) is 13.1 Å². The van der Waals surface area contributed by atoms with Gasteiger partial charge in [-0.15, -0.1) is 0 Å². The Morgan fingerprint density at radius 1 is 1.07 bits per heavy atom. The molecule has 4 rings (SSSR count). The van der Waals surface area contributed by atoms with Crippen LogP contribution >= 0.6 is 0 Å². The zero-order chi connectivity index (χ0) is 20.2. The topological polar surface area (TPSA) is 99.9 Å². The van der Waals surface area contributed by atoms with Crippen LogP contribution in [0.1, 0.15) is 17.2 Å². The van der Waals surface area contributed by atoms with Crippen LogP contribution in [-0.4, -0.2) is 66.0 Å². The summed E-state index contributed by atoms with van der Waals surface area (Å²) < 4.78 is 5.38. The number of nitrogens with zero attached hydrogens (tertiary/aromatic N) is 3. The number of quaternary nitrogens is 1. The molecule has 0 radical (unpaired) electrons. The van der Waals surface area contributed by atoms with E-state index in [9.17, 15) is 14.7 Å². The number of rotatable bonds is 5. The molecule has 2 aromatic rings. The molecule has 2 aliphatic rings. The van der Waals surface area contributed by atoms with E-state index < -0.39 is 23.5 Å². The van der Waals surface area contributed by atoms with E-state index in [2.05, 4.69) is 9.97 Å². The highest BCUT2D eigenvalue weighted by Crippen LogP contribution is 2.37. The van der Waals surface area contributed by atoms with E-state index in [1.54, 1.807) is 36.7 Å². The Bertz CT molecular complexity index is 911. The lowest BCUT2D eigenvalue weighted by Gasteiger charge is -2.30. The smallest absolute Gasteiger partial charge is 0.295 e. The van der Waals surface area contributed by atoms with Crippen molar-refractivity contribution in [3.8, 4) is 0 Å². The predicted molar refractivity (Wildman–Crippen MR) is 101 cm³/mol. The predicted octanol–water partition coefficient (Wildman–Crippen LogP) is -1.38. The second-order valence-corrected chi connectivity index (χ2v) is 7.10. The molecule has 1 atom stereocenters. The van der Waals surface area contributed by atoms with Crippen molar-refractivity contribution in [2.75, 3.05) is 39.4 Å². The quantitative estimate of drug-likeness (QED) is 0.381. The van der Waals surface area contributed by atoms with Gasteiger partial charge in [-0.3, -0.25) is 19.6 Å². The Labute approximate surface area is 168 Å². The second-order valence-electron chi connectivity index (χ2n) is 7.10. The number of aromatic nitrogens is 2. The van der Waals surface area contributed by atoms with Crippen LogP contribution in [0.5, 0.6) is 0 Å². The summed E-state index contributed by atoms with van der Waals surface area (Å²) in [6, 6.07) is 5.88. The molecule has 8 nitrogen and oxygen atoms in total.